The first-order valence-electron chi connectivity index (χ1n) is 10.8. The molecule has 1 N–H and O–H groups in total. The Bertz CT molecular complexity index is 1160. The number of ether oxygens (including phenoxy) is 2. The molecule has 1 unspecified atom stereocenters. The highest BCUT2D eigenvalue weighted by Gasteiger charge is 2.34. The first-order chi connectivity index (χ1) is 16.0. The number of methoxy groups -OCH3 is 1. The summed E-state index contributed by atoms with van der Waals surface area (Å²) in [5.41, 5.74) is 3.41. The first-order valence-corrected chi connectivity index (χ1v) is 11.1. The SMILES string of the molecule is C=C(CC(c1ccc(OCC)c(OC)c1)N1Cc2ccccc2C1=O)Nc1ccc(Cl)cn1. The molecule has 2 heterocycles. The number of anilines is 1. The van der Waals surface area contributed by atoms with Gasteiger partial charge in [0.15, 0.2) is 11.5 Å². The lowest BCUT2D eigenvalue weighted by Crippen LogP contribution is -2.30. The summed E-state index contributed by atoms with van der Waals surface area (Å²) in [4.78, 5) is 19.5. The molecule has 1 amide bonds. The summed E-state index contributed by atoms with van der Waals surface area (Å²) in [5.74, 6) is 1.94. The summed E-state index contributed by atoms with van der Waals surface area (Å²) >= 11 is 5.94. The van der Waals surface area contributed by atoms with E-state index in [0.29, 0.717) is 41.9 Å². The minimum Gasteiger partial charge on any atom is -0.493 e. The van der Waals surface area contributed by atoms with E-state index < -0.39 is 0 Å². The van der Waals surface area contributed by atoms with E-state index in [1.807, 2.05) is 54.3 Å². The lowest BCUT2D eigenvalue weighted by atomic mass is 9.99. The molecule has 2 aromatic carbocycles. The number of halogens is 1. The van der Waals surface area contributed by atoms with Crippen molar-refractivity contribution in [1.82, 2.24) is 9.88 Å². The molecule has 1 aromatic heterocycles. The summed E-state index contributed by atoms with van der Waals surface area (Å²) in [6.07, 6.45) is 2.06. The lowest BCUT2D eigenvalue weighted by molar-refractivity contribution is 0.0700. The molecule has 0 saturated heterocycles. The monoisotopic (exact) mass is 463 g/mol. The third kappa shape index (κ3) is 4.96. The lowest BCUT2D eigenvalue weighted by Gasteiger charge is -2.30. The van der Waals surface area contributed by atoms with E-state index in [1.54, 1.807) is 25.4 Å². The van der Waals surface area contributed by atoms with Gasteiger partial charge in [-0.2, -0.15) is 0 Å². The number of benzene rings is 2. The molecule has 0 bridgehead atoms. The Kier molecular flexibility index (Phi) is 6.84. The molecule has 33 heavy (non-hydrogen) atoms. The highest BCUT2D eigenvalue weighted by Crippen LogP contribution is 2.38. The summed E-state index contributed by atoms with van der Waals surface area (Å²) < 4.78 is 11.2. The number of carbonyl (C=O) groups excluding carboxylic acids is 1. The summed E-state index contributed by atoms with van der Waals surface area (Å²) in [6, 6.07) is 16.8. The van der Waals surface area contributed by atoms with Gasteiger partial charge in [0.1, 0.15) is 5.82 Å². The van der Waals surface area contributed by atoms with Crippen LogP contribution < -0.4 is 14.8 Å². The van der Waals surface area contributed by atoms with Crippen LogP contribution in [0.4, 0.5) is 5.82 Å². The summed E-state index contributed by atoms with van der Waals surface area (Å²) in [5, 5.41) is 3.79. The van der Waals surface area contributed by atoms with E-state index in [-0.39, 0.29) is 11.9 Å². The normalized spacial score (nSPS) is 13.4. The Morgan fingerprint density at radius 3 is 2.73 bits per heavy atom. The molecule has 1 aliphatic rings. The number of aromatic nitrogens is 1. The van der Waals surface area contributed by atoms with Gasteiger partial charge in [-0.3, -0.25) is 4.79 Å². The van der Waals surface area contributed by atoms with Gasteiger partial charge >= 0.3 is 0 Å². The van der Waals surface area contributed by atoms with E-state index in [2.05, 4.69) is 16.9 Å². The Labute approximate surface area is 198 Å². The average Bonchev–Trinajstić information content (AvgIpc) is 3.16. The molecule has 0 spiro atoms. The van der Waals surface area contributed by atoms with Crippen molar-refractivity contribution in [3.05, 3.63) is 94.8 Å². The number of hydrogen-bond acceptors (Lipinski definition) is 5. The largest absolute Gasteiger partial charge is 0.493 e. The zero-order valence-electron chi connectivity index (χ0n) is 18.7. The van der Waals surface area contributed by atoms with Gasteiger partial charge in [-0.1, -0.05) is 42.4 Å². The molecule has 0 saturated carbocycles. The Hall–Kier alpha value is -3.51. The fraction of sp³-hybridized carbons (Fsp3) is 0.231. The van der Waals surface area contributed by atoms with Crippen LogP contribution in [0.3, 0.4) is 0 Å². The van der Waals surface area contributed by atoms with E-state index >= 15 is 0 Å². The number of hydrogen-bond donors (Lipinski definition) is 1. The topological polar surface area (TPSA) is 63.7 Å². The second-order valence-electron chi connectivity index (χ2n) is 7.74. The highest BCUT2D eigenvalue weighted by molar-refractivity contribution is 6.30. The van der Waals surface area contributed by atoms with Gasteiger partial charge in [0.05, 0.1) is 24.8 Å². The van der Waals surface area contributed by atoms with Crippen LogP contribution in [0.1, 0.15) is 40.9 Å². The highest BCUT2D eigenvalue weighted by atomic mass is 35.5. The predicted octanol–water partition coefficient (Wildman–Crippen LogP) is 5.86. The predicted molar refractivity (Wildman–Crippen MR) is 130 cm³/mol. The van der Waals surface area contributed by atoms with Crippen molar-refractivity contribution < 1.29 is 14.3 Å². The van der Waals surface area contributed by atoms with E-state index in [9.17, 15) is 4.79 Å². The van der Waals surface area contributed by atoms with Crippen molar-refractivity contribution in [2.24, 2.45) is 0 Å². The second-order valence-corrected chi connectivity index (χ2v) is 8.18. The van der Waals surface area contributed by atoms with Gasteiger partial charge in [-0.25, -0.2) is 4.98 Å². The van der Waals surface area contributed by atoms with Crippen LogP contribution in [-0.4, -0.2) is 29.5 Å². The summed E-state index contributed by atoms with van der Waals surface area (Å²) in [7, 11) is 1.61. The number of rotatable bonds is 9. The molecule has 3 aromatic rings. The smallest absolute Gasteiger partial charge is 0.255 e. The van der Waals surface area contributed by atoms with Crippen molar-refractivity contribution in [2.75, 3.05) is 19.0 Å². The maximum Gasteiger partial charge on any atom is 0.255 e. The standard InChI is InChI=1S/C26H26ClN3O3/c1-4-33-23-11-9-18(14-24(23)32-3)22(13-17(2)29-25-12-10-20(27)15-28-25)30-16-19-7-5-6-8-21(19)26(30)31/h5-12,14-15,22H,2,4,13,16H2,1,3H3,(H,28,29). The third-order valence-corrected chi connectivity index (χ3v) is 5.79. The van der Waals surface area contributed by atoms with E-state index in [1.165, 1.54) is 0 Å². The quantitative estimate of drug-likeness (QED) is 0.431. The number of amides is 1. The molecule has 0 aliphatic carbocycles. The van der Waals surface area contributed by atoms with E-state index in [0.717, 1.165) is 22.4 Å². The molecule has 1 atom stereocenters. The van der Waals surface area contributed by atoms with Crippen molar-refractivity contribution in [3.63, 3.8) is 0 Å². The van der Waals surface area contributed by atoms with Crippen LogP contribution in [0.25, 0.3) is 0 Å². The zero-order valence-corrected chi connectivity index (χ0v) is 19.4. The Balaban J connectivity index is 1.65. The van der Waals surface area contributed by atoms with Gasteiger partial charge in [-0.15, -0.1) is 0 Å². The van der Waals surface area contributed by atoms with Gasteiger partial charge in [0, 0.05) is 30.4 Å². The van der Waals surface area contributed by atoms with Gasteiger partial charge in [0.25, 0.3) is 5.91 Å². The van der Waals surface area contributed by atoms with Gasteiger partial charge in [0.2, 0.25) is 0 Å². The molecule has 170 valence electrons. The van der Waals surface area contributed by atoms with E-state index in [4.69, 9.17) is 21.1 Å². The first kappa shape index (κ1) is 22.7. The Morgan fingerprint density at radius 1 is 1.21 bits per heavy atom. The molecule has 1 aliphatic heterocycles. The number of pyridine rings is 1. The molecular formula is C26H26ClN3O3. The molecular weight excluding hydrogens is 438 g/mol. The average molecular weight is 464 g/mol. The number of carbonyl (C=O) groups is 1. The molecule has 6 nitrogen and oxygen atoms in total. The van der Waals surface area contributed by atoms with Gasteiger partial charge < -0.3 is 19.7 Å². The third-order valence-electron chi connectivity index (χ3n) is 5.57. The number of nitrogens with one attached hydrogen (secondary N) is 1. The number of fused-ring (bicyclic) bond motifs is 1. The maximum atomic E-state index is 13.3. The number of nitrogens with zero attached hydrogens (tertiary/aromatic N) is 2. The molecule has 0 radical (unpaired) electrons. The molecule has 4 rings (SSSR count). The van der Waals surface area contributed by atoms with Crippen LogP contribution in [0.15, 0.2) is 73.1 Å². The van der Waals surface area contributed by atoms with Crippen LogP contribution >= 0.6 is 11.6 Å². The van der Waals surface area contributed by atoms with Crippen LogP contribution in [0, 0.1) is 0 Å². The van der Waals surface area contributed by atoms with Crippen LogP contribution in [-0.2, 0) is 6.54 Å². The minimum absolute atomic E-state index is 0.000805. The fourth-order valence-corrected chi connectivity index (χ4v) is 4.13. The maximum absolute atomic E-state index is 13.3. The second kappa shape index (κ2) is 9.96. The minimum atomic E-state index is -0.262. The van der Waals surface area contributed by atoms with Crippen LogP contribution in [0.5, 0.6) is 11.5 Å². The zero-order chi connectivity index (χ0) is 23.4. The van der Waals surface area contributed by atoms with Gasteiger partial charge in [-0.05, 0) is 48.4 Å². The van der Waals surface area contributed by atoms with Crippen molar-refractivity contribution >= 4 is 23.3 Å². The summed E-state index contributed by atoms with van der Waals surface area (Å²) in [6.45, 7) is 7.19. The molecule has 0 fully saturated rings. The molecule has 7 heteroatoms. The van der Waals surface area contributed by atoms with Crippen molar-refractivity contribution in [3.8, 4) is 11.5 Å². The van der Waals surface area contributed by atoms with Crippen LogP contribution in [0.2, 0.25) is 5.02 Å². The fourth-order valence-electron chi connectivity index (χ4n) is 4.02. The Morgan fingerprint density at radius 2 is 2.03 bits per heavy atom. The van der Waals surface area contributed by atoms with Crippen molar-refractivity contribution in [2.45, 2.75) is 25.9 Å². The van der Waals surface area contributed by atoms with Crippen molar-refractivity contribution in [1.29, 1.82) is 0 Å².